The molecule has 21 heavy (non-hydrogen) atoms. The van der Waals surface area contributed by atoms with Crippen molar-refractivity contribution in [2.75, 3.05) is 25.5 Å². The van der Waals surface area contributed by atoms with Crippen LogP contribution in [-0.4, -0.2) is 32.1 Å². The second-order valence-corrected chi connectivity index (χ2v) is 4.97. The molecule has 116 valence electrons. The highest BCUT2D eigenvalue weighted by Crippen LogP contribution is 2.23. The number of hydrogen-bond donors (Lipinski definition) is 2. The van der Waals surface area contributed by atoms with E-state index in [0.717, 1.165) is 12.8 Å². The Labute approximate surface area is 130 Å². The van der Waals surface area contributed by atoms with Crippen molar-refractivity contribution in [3.8, 4) is 0 Å². The standard InChI is InChI=1S/C15H21ClN2O3/c1-3-4-8-18-14(19)7-9-17-13-10-11(15(20)21-2)5-6-12(13)16/h5-6,10,17H,3-4,7-9H2,1-2H3,(H,18,19). The third-order valence-electron chi connectivity index (χ3n) is 2.91. The normalized spacial score (nSPS) is 10.0. The lowest BCUT2D eigenvalue weighted by Crippen LogP contribution is -2.26. The van der Waals surface area contributed by atoms with Crippen molar-refractivity contribution >= 4 is 29.2 Å². The van der Waals surface area contributed by atoms with E-state index in [4.69, 9.17) is 11.6 Å². The van der Waals surface area contributed by atoms with Crippen LogP contribution in [0.2, 0.25) is 5.02 Å². The molecular formula is C15H21ClN2O3. The molecule has 1 aromatic rings. The van der Waals surface area contributed by atoms with E-state index in [0.29, 0.717) is 35.8 Å². The van der Waals surface area contributed by atoms with E-state index in [1.54, 1.807) is 18.2 Å². The number of esters is 1. The summed E-state index contributed by atoms with van der Waals surface area (Å²) >= 11 is 6.05. The van der Waals surface area contributed by atoms with Gasteiger partial charge in [0.2, 0.25) is 5.91 Å². The molecule has 2 N–H and O–H groups in total. The fourth-order valence-electron chi connectivity index (χ4n) is 1.71. The third kappa shape index (κ3) is 6.04. The molecule has 0 atom stereocenters. The van der Waals surface area contributed by atoms with Gasteiger partial charge in [-0.2, -0.15) is 0 Å². The Balaban J connectivity index is 2.47. The Morgan fingerprint density at radius 2 is 2.05 bits per heavy atom. The highest BCUT2D eigenvalue weighted by atomic mass is 35.5. The summed E-state index contributed by atoms with van der Waals surface area (Å²) in [6, 6.07) is 4.83. The quantitative estimate of drug-likeness (QED) is 0.572. The van der Waals surface area contributed by atoms with Crippen molar-refractivity contribution < 1.29 is 14.3 Å². The number of rotatable bonds is 8. The number of carbonyl (C=O) groups excluding carboxylic acids is 2. The number of amides is 1. The molecule has 5 nitrogen and oxygen atoms in total. The Hall–Kier alpha value is -1.75. The summed E-state index contributed by atoms with van der Waals surface area (Å²) in [5, 5.41) is 6.38. The van der Waals surface area contributed by atoms with E-state index in [1.165, 1.54) is 7.11 Å². The van der Waals surface area contributed by atoms with E-state index in [9.17, 15) is 9.59 Å². The van der Waals surface area contributed by atoms with Crippen LogP contribution in [0.1, 0.15) is 36.5 Å². The SMILES string of the molecule is CCCCNC(=O)CCNc1cc(C(=O)OC)ccc1Cl. The highest BCUT2D eigenvalue weighted by Gasteiger charge is 2.09. The minimum absolute atomic E-state index is 0.00352. The first kappa shape index (κ1) is 17.3. The first-order valence-electron chi connectivity index (χ1n) is 6.97. The van der Waals surface area contributed by atoms with Crippen LogP contribution in [-0.2, 0) is 9.53 Å². The van der Waals surface area contributed by atoms with E-state index in [-0.39, 0.29) is 5.91 Å². The second kappa shape index (κ2) is 9.23. The van der Waals surface area contributed by atoms with Crippen LogP contribution in [0.15, 0.2) is 18.2 Å². The Morgan fingerprint density at radius 1 is 1.29 bits per heavy atom. The molecule has 0 fully saturated rings. The number of anilines is 1. The van der Waals surface area contributed by atoms with Crippen LogP contribution < -0.4 is 10.6 Å². The summed E-state index contributed by atoms with van der Waals surface area (Å²) in [4.78, 5) is 23.0. The lowest BCUT2D eigenvalue weighted by atomic mass is 10.2. The minimum atomic E-state index is -0.424. The smallest absolute Gasteiger partial charge is 0.337 e. The molecule has 0 heterocycles. The first-order chi connectivity index (χ1) is 10.1. The number of benzene rings is 1. The van der Waals surface area contributed by atoms with Gasteiger partial charge in [-0.3, -0.25) is 4.79 Å². The Bertz CT molecular complexity index is 492. The topological polar surface area (TPSA) is 67.4 Å². The van der Waals surface area contributed by atoms with Crippen LogP contribution in [0.4, 0.5) is 5.69 Å². The number of halogens is 1. The zero-order chi connectivity index (χ0) is 15.7. The van der Waals surface area contributed by atoms with Gasteiger partial charge in [0.1, 0.15) is 0 Å². The lowest BCUT2D eigenvalue weighted by molar-refractivity contribution is -0.120. The number of methoxy groups -OCH3 is 1. The van der Waals surface area contributed by atoms with E-state index >= 15 is 0 Å². The maximum Gasteiger partial charge on any atom is 0.337 e. The summed E-state index contributed by atoms with van der Waals surface area (Å²) in [5.74, 6) is -0.428. The molecule has 0 aliphatic carbocycles. The molecular weight excluding hydrogens is 292 g/mol. The van der Waals surface area contributed by atoms with E-state index < -0.39 is 5.97 Å². The third-order valence-corrected chi connectivity index (χ3v) is 3.24. The van der Waals surface area contributed by atoms with Gasteiger partial charge < -0.3 is 15.4 Å². The summed E-state index contributed by atoms with van der Waals surface area (Å²) in [6.45, 7) is 3.22. The van der Waals surface area contributed by atoms with Crippen LogP contribution in [0, 0.1) is 0 Å². The van der Waals surface area contributed by atoms with Gasteiger partial charge in [-0.1, -0.05) is 24.9 Å². The summed E-state index contributed by atoms with van der Waals surface area (Å²) in [5.41, 5.74) is 1.03. The van der Waals surface area contributed by atoms with Crippen molar-refractivity contribution in [3.05, 3.63) is 28.8 Å². The van der Waals surface area contributed by atoms with Crippen molar-refractivity contribution in [2.24, 2.45) is 0 Å². The first-order valence-corrected chi connectivity index (χ1v) is 7.34. The van der Waals surface area contributed by atoms with Crippen LogP contribution in [0.3, 0.4) is 0 Å². The van der Waals surface area contributed by atoms with Gasteiger partial charge in [0.15, 0.2) is 0 Å². The van der Waals surface area contributed by atoms with Gasteiger partial charge in [0.05, 0.1) is 23.4 Å². The molecule has 0 aliphatic rings. The van der Waals surface area contributed by atoms with Crippen LogP contribution >= 0.6 is 11.6 Å². The number of carbonyl (C=O) groups is 2. The molecule has 0 bridgehead atoms. The van der Waals surface area contributed by atoms with Gasteiger partial charge in [-0.25, -0.2) is 4.79 Å². The average Bonchev–Trinajstić information content (AvgIpc) is 2.48. The van der Waals surface area contributed by atoms with Crippen molar-refractivity contribution in [3.63, 3.8) is 0 Å². The number of hydrogen-bond acceptors (Lipinski definition) is 4. The average molecular weight is 313 g/mol. The molecule has 0 unspecified atom stereocenters. The van der Waals surface area contributed by atoms with Gasteiger partial charge in [-0.05, 0) is 24.6 Å². The van der Waals surface area contributed by atoms with Crippen molar-refractivity contribution in [1.29, 1.82) is 0 Å². The van der Waals surface area contributed by atoms with Gasteiger partial charge in [-0.15, -0.1) is 0 Å². The second-order valence-electron chi connectivity index (χ2n) is 4.57. The Kier molecular flexibility index (Phi) is 7.61. The van der Waals surface area contributed by atoms with Crippen molar-refractivity contribution in [2.45, 2.75) is 26.2 Å². The number of unbranched alkanes of at least 4 members (excludes halogenated alkanes) is 1. The molecule has 0 aromatic heterocycles. The summed E-state index contributed by atoms with van der Waals surface area (Å²) < 4.78 is 4.65. The monoisotopic (exact) mass is 312 g/mol. The number of ether oxygens (including phenoxy) is 1. The maximum atomic E-state index is 11.6. The molecule has 0 saturated heterocycles. The summed E-state index contributed by atoms with van der Waals surface area (Å²) in [6.07, 6.45) is 2.38. The number of nitrogens with one attached hydrogen (secondary N) is 2. The van der Waals surface area contributed by atoms with Gasteiger partial charge in [0, 0.05) is 19.5 Å². The fraction of sp³-hybridized carbons (Fsp3) is 0.467. The fourth-order valence-corrected chi connectivity index (χ4v) is 1.89. The zero-order valence-electron chi connectivity index (χ0n) is 12.4. The largest absolute Gasteiger partial charge is 0.465 e. The van der Waals surface area contributed by atoms with E-state index in [2.05, 4.69) is 22.3 Å². The maximum absolute atomic E-state index is 11.6. The predicted octanol–water partition coefficient (Wildman–Crippen LogP) is 2.84. The molecule has 0 radical (unpaired) electrons. The molecule has 0 aliphatic heterocycles. The molecule has 1 rings (SSSR count). The van der Waals surface area contributed by atoms with Crippen LogP contribution in [0.5, 0.6) is 0 Å². The Morgan fingerprint density at radius 3 is 2.71 bits per heavy atom. The molecule has 0 spiro atoms. The van der Waals surface area contributed by atoms with Gasteiger partial charge in [0.25, 0.3) is 0 Å². The minimum Gasteiger partial charge on any atom is -0.465 e. The summed E-state index contributed by atoms with van der Waals surface area (Å²) in [7, 11) is 1.32. The highest BCUT2D eigenvalue weighted by molar-refractivity contribution is 6.33. The van der Waals surface area contributed by atoms with E-state index in [1.807, 2.05) is 0 Å². The molecule has 1 aromatic carbocycles. The zero-order valence-corrected chi connectivity index (χ0v) is 13.1. The lowest BCUT2D eigenvalue weighted by Gasteiger charge is -2.10. The van der Waals surface area contributed by atoms with Crippen LogP contribution in [0.25, 0.3) is 0 Å². The van der Waals surface area contributed by atoms with Crippen molar-refractivity contribution in [1.82, 2.24) is 5.32 Å². The molecule has 6 heteroatoms. The molecule has 0 saturated carbocycles. The predicted molar refractivity (Wildman–Crippen MR) is 83.8 cm³/mol. The molecule has 1 amide bonds. The van der Waals surface area contributed by atoms with Gasteiger partial charge >= 0.3 is 5.97 Å².